The Labute approximate surface area is 188 Å². The molecule has 2 aromatic carbocycles. The SMILES string of the molecule is CN(CCNC(=O)/C=C/c1ccc(S(=O)(=O)NCc2ccco2)cc1)Cc1ccccc1. The van der Waals surface area contributed by atoms with Crippen molar-refractivity contribution in [2.24, 2.45) is 0 Å². The van der Waals surface area contributed by atoms with E-state index in [2.05, 4.69) is 27.1 Å². The van der Waals surface area contributed by atoms with Crippen LogP contribution in [0.3, 0.4) is 0 Å². The largest absolute Gasteiger partial charge is 0.468 e. The van der Waals surface area contributed by atoms with Gasteiger partial charge in [0.1, 0.15) is 5.76 Å². The third-order valence-corrected chi connectivity index (χ3v) is 6.14. The van der Waals surface area contributed by atoms with Gasteiger partial charge in [-0.05, 0) is 48.5 Å². The molecular formula is C24H27N3O4S. The number of hydrogen-bond acceptors (Lipinski definition) is 5. The van der Waals surface area contributed by atoms with Gasteiger partial charge in [-0.2, -0.15) is 0 Å². The molecule has 0 atom stereocenters. The molecule has 3 aromatic rings. The van der Waals surface area contributed by atoms with Crippen molar-refractivity contribution in [3.8, 4) is 0 Å². The summed E-state index contributed by atoms with van der Waals surface area (Å²) in [6.07, 6.45) is 4.58. The van der Waals surface area contributed by atoms with Crippen LogP contribution in [0.4, 0.5) is 0 Å². The molecular weight excluding hydrogens is 426 g/mol. The molecule has 1 heterocycles. The number of hydrogen-bond donors (Lipinski definition) is 2. The summed E-state index contributed by atoms with van der Waals surface area (Å²) in [6.45, 7) is 2.16. The third-order valence-electron chi connectivity index (χ3n) is 4.72. The summed E-state index contributed by atoms with van der Waals surface area (Å²) in [7, 11) is -1.64. The Morgan fingerprint density at radius 2 is 1.78 bits per heavy atom. The molecule has 0 aliphatic heterocycles. The molecule has 168 valence electrons. The summed E-state index contributed by atoms with van der Waals surface area (Å²) < 4.78 is 32.3. The second-order valence-corrected chi connectivity index (χ2v) is 9.09. The van der Waals surface area contributed by atoms with Crippen molar-refractivity contribution >= 4 is 22.0 Å². The van der Waals surface area contributed by atoms with E-state index in [1.54, 1.807) is 30.3 Å². The van der Waals surface area contributed by atoms with Gasteiger partial charge in [0.15, 0.2) is 0 Å². The van der Waals surface area contributed by atoms with Gasteiger partial charge in [0, 0.05) is 25.7 Å². The summed E-state index contributed by atoms with van der Waals surface area (Å²) in [5.74, 6) is 0.334. The monoisotopic (exact) mass is 453 g/mol. The normalized spacial score (nSPS) is 11.8. The fourth-order valence-corrected chi connectivity index (χ4v) is 3.99. The lowest BCUT2D eigenvalue weighted by Crippen LogP contribution is -2.31. The van der Waals surface area contributed by atoms with Crippen molar-refractivity contribution in [3.63, 3.8) is 0 Å². The number of benzene rings is 2. The van der Waals surface area contributed by atoms with Crippen molar-refractivity contribution in [3.05, 3.63) is 96.0 Å². The summed E-state index contributed by atoms with van der Waals surface area (Å²) >= 11 is 0. The molecule has 0 fully saturated rings. The Hall–Kier alpha value is -3.20. The fraction of sp³-hybridized carbons (Fsp3) is 0.208. The van der Waals surface area contributed by atoms with Gasteiger partial charge in [-0.1, -0.05) is 42.5 Å². The smallest absolute Gasteiger partial charge is 0.244 e. The van der Waals surface area contributed by atoms with Crippen LogP contribution in [0.15, 0.2) is 88.4 Å². The van der Waals surface area contributed by atoms with Gasteiger partial charge >= 0.3 is 0 Å². The van der Waals surface area contributed by atoms with Gasteiger partial charge in [0.25, 0.3) is 0 Å². The third kappa shape index (κ3) is 7.49. The fourth-order valence-electron chi connectivity index (χ4n) is 3.00. The van der Waals surface area contributed by atoms with Crippen molar-refractivity contribution < 1.29 is 17.6 Å². The average molecular weight is 454 g/mol. The molecule has 32 heavy (non-hydrogen) atoms. The Morgan fingerprint density at radius 1 is 1.03 bits per heavy atom. The van der Waals surface area contributed by atoms with E-state index in [9.17, 15) is 13.2 Å². The van der Waals surface area contributed by atoms with Crippen molar-refractivity contribution in [2.45, 2.75) is 18.0 Å². The highest BCUT2D eigenvalue weighted by molar-refractivity contribution is 7.89. The second-order valence-electron chi connectivity index (χ2n) is 7.32. The Kier molecular flexibility index (Phi) is 8.38. The molecule has 0 radical (unpaired) electrons. The van der Waals surface area contributed by atoms with E-state index < -0.39 is 10.0 Å². The first-order chi connectivity index (χ1) is 15.4. The van der Waals surface area contributed by atoms with Crippen LogP contribution in [0.2, 0.25) is 0 Å². The first-order valence-corrected chi connectivity index (χ1v) is 11.7. The van der Waals surface area contributed by atoms with Gasteiger partial charge in [-0.3, -0.25) is 4.79 Å². The van der Waals surface area contributed by atoms with Gasteiger partial charge in [0.05, 0.1) is 17.7 Å². The lowest BCUT2D eigenvalue weighted by molar-refractivity contribution is -0.116. The van der Waals surface area contributed by atoms with Gasteiger partial charge in [0.2, 0.25) is 15.9 Å². The maximum atomic E-state index is 12.4. The minimum Gasteiger partial charge on any atom is -0.468 e. The Balaban J connectivity index is 1.43. The first-order valence-electron chi connectivity index (χ1n) is 10.2. The number of amides is 1. The molecule has 0 saturated heterocycles. The molecule has 0 spiro atoms. The van der Waals surface area contributed by atoms with E-state index in [4.69, 9.17) is 4.42 Å². The Morgan fingerprint density at radius 3 is 2.47 bits per heavy atom. The van der Waals surface area contributed by atoms with Crippen molar-refractivity contribution in [1.29, 1.82) is 0 Å². The van der Waals surface area contributed by atoms with Crippen LogP contribution in [-0.4, -0.2) is 39.4 Å². The van der Waals surface area contributed by atoms with Crippen LogP contribution >= 0.6 is 0 Å². The molecule has 1 amide bonds. The van der Waals surface area contributed by atoms with E-state index >= 15 is 0 Å². The van der Waals surface area contributed by atoms with Crippen molar-refractivity contribution in [1.82, 2.24) is 14.9 Å². The van der Waals surface area contributed by atoms with Gasteiger partial charge < -0.3 is 14.6 Å². The number of carbonyl (C=O) groups is 1. The summed E-state index contributed by atoms with van der Waals surface area (Å²) in [5, 5.41) is 2.85. The lowest BCUT2D eigenvalue weighted by Gasteiger charge is -2.16. The van der Waals surface area contributed by atoms with Gasteiger partial charge in [-0.15, -0.1) is 0 Å². The molecule has 0 bridgehead atoms. The molecule has 0 aliphatic rings. The molecule has 0 saturated carbocycles. The molecule has 0 unspecified atom stereocenters. The highest BCUT2D eigenvalue weighted by Crippen LogP contribution is 2.12. The second kappa shape index (κ2) is 11.4. The average Bonchev–Trinajstić information content (AvgIpc) is 3.31. The predicted molar refractivity (Wildman–Crippen MR) is 124 cm³/mol. The highest BCUT2D eigenvalue weighted by Gasteiger charge is 2.14. The standard InChI is InChI=1S/C24H27N3O4S/c1-27(19-21-6-3-2-4-7-21)16-15-25-24(28)14-11-20-9-12-23(13-10-20)32(29,30)26-18-22-8-5-17-31-22/h2-14,17,26H,15-16,18-19H2,1H3,(H,25,28)/b14-11+. The van der Waals surface area contributed by atoms with E-state index in [1.165, 1.54) is 30.0 Å². The quantitative estimate of drug-likeness (QED) is 0.436. The number of nitrogens with zero attached hydrogens (tertiary/aromatic N) is 1. The van der Waals surface area contributed by atoms with E-state index in [0.29, 0.717) is 12.3 Å². The topological polar surface area (TPSA) is 91.7 Å². The number of sulfonamides is 1. The van der Waals surface area contributed by atoms with E-state index in [1.807, 2.05) is 25.2 Å². The molecule has 8 heteroatoms. The number of nitrogens with one attached hydrogen (secondary N) is 2. The lowest BCUT2D eigenvalue weighted by atomic mass is 10.2. The number of furan rings is 1. The Bertz CT molecular complexity index is 1110. The minimum atomic E-state index is -3.65. The predicted octanol–water partition coefficient (Wildman–Crippen LogP) is 3.02. The summed E-state index contributed by atoms with van der Waals surface area (Å²) in [4.78, 5) is 14.3. The van der Waals surface area contributed by atoms with Crippen LogP contribution in [0.1, 0.15) is 16.9 Å². The zero-order valence-electron chi connectivity index (χ0n) is 17.9. The maximum absolute atomic E-state index is 12.4. The van der Waals surface area contributed by atoms with E-state index in [-0.39, 0.29) is 17.3 Å². The molecule has 1 aromatic heterocycles. The molecule has 0 aliphatic carbocycles. The number of carbonyl (C=O) groups excluding carboxylic acids is 1. The highest BCUT2D eigenvalue weighted by atomic mass is 32.2. The number of likely N-dealkylation sites (N-methyl/N-ethyl adjacent to an activating group) is 1. The van der Waals surface area contributed by atoms with Crippen LogP contribution in [-0.2, 0) is 27.9 Å². The van der Waals surface area contributed by atoms with Crippen LogP contribution in [0.25, 0.3) is 6.08 Å². The van der Waals surface area contributed by atoms with Crippen molar-refractivity contribution in [2.75, 3.05) is 20.1 Å². The first kappa shape index (κ1) is 23.5. The molecule has 2 N–H and O–H groups in total. The zero-order chi connectivity index (χ0) is 22.8. The van der Waals surface area contributed by atoms with Crippen LogP contribution in [0, 0.1) is 0 Å². The van der Waals surface area contributed by atoms with E-state index in [0.717, 1.165) is 18.7 Å². The number of rotatable bonds is 11. The maximum Gasteiger partial charge on any atom is 0.244 e. The molecule has 3 rings (SSSR count). The van der Waals surface area contributed by atoms with Crippen LogP contribution in [0.5, 0.6) is 0 Å². The summed E-state index contributed by atoms with van der Waals surface area (Å²) in [5.41, 5.74) is 1.95. The molecule has 7 nitrogen and oxygen atoms in total. The summed E-state index contributed by atoms with van der Waals surface area (Å²) in [6, 6.07) is 19.9. The minimum absolute atomic E-state index is 0.0810. The van der Waals surface area contributed by atoms with Gasteiger partial charge in [-0.25, -0.2) is 13.1 Å². The zero-order valence-corrected chi connectivity index (χ0v) is 18.7. The van der Waals surface area contributed by atoms with Crippen LogP contribution < -0.4 is 10.0 Å².